The first-order valence-electron chi connectivity index (χ1n) is 6.68. The molecule has 0 aromatic carbocycles. The molecule has 108 valence electrons. The van der Waals surface area contributed by atoms with Gasteiger partial charge in [-0.1, -0.05) is 13.8 Å². The minimum Gasteiger partial charge on any atom is -0.348 e. The summed E-state index contributed by atoms with van der Waals surface area (Å²) in [6, 6.07) is -0.0153. The molecule has 0 unspecified atom stereocenters. The SMILES string of the molecule is CC(C)Cn1ccnc1CNC(=O)[C@@H]1CCCN1.Cl. The van der Waals surface area contributed by atoms with Crippen LogP contribution < -0.4 is 10.6 Å². The number of carbonyl (C=O) groups is 1. The molecule has 19 heavy (non-hydrogen) atoms. The Hall–Kier alpha value is -1.07. The minimum absolute atomic E-state index is 0. The largest absolute Gasteiger partial charge is 0.348 e. The molecule has 1 amide bonds. The number of aromatic nitrogens is 2. The molecule has 1 aliphatic heterocycles. The molecule has 0 aliphatic carbocycles. The maximum Gasteiger partial charge on any atom is 0.237 e. The second-order valence-electron chi connectivity index (χ2n) is 5.26. The van der Waals surface area contributed by atoms with Gasteiger partial charge in [-0.2, -0.15) is 0 Å². The standard InChI is InChI=1S/C13H22N4O.ClH/c1-10(2)9-17-7-6-15-12(17)8-16-13(18)11-4-3-5-14-11;/h6-7,10-11,14H,3-5,8-9H2,1-2H3,(H,16,18);1H/t11-;/m0./s1. The molecule has 0 saturated carbocycles. The third kappa shape index (κ3) is 4.51. The fraction of sp³-hybridized carbons (Fsp3) is 0.692. The second kappa shape index (κ2) is 7.50. The molecule has 1 aromatic rings. The summed E-state index contributed by atoms with van der Waals surface area (Å²) in [4.78, 5) is 16.2. The van der Waals surface area contributed by atoms with E-state index in [4.69, 9.17) is 0 Å². The maximum atomic E-state index is 11.9. The van der Waals surface area contributed by atoms with E-state index in [0.717, 1.165) is 31.8 Å². The zero-order chi connectivity index (χ0) is 13.0. The van der Waals surface area contributed by atoms with Crippen LogP contribution in [-0.2, 0) is 17.9 Å². The number of hydrogen-bond acceptors (Lipinski definition) is 3. The number of imidazole rings is 1. The molecular weight excluding hydrogens is 264 g/mol. The molecule has 6 heteroatoms. The first-order valence-corrected chi connectivity index (χ1v) is 6.68. The van der Waals surface area contributed by atoms with Crippen molar-refractivity contribution in [3.8, 4) is 0 Å². The van der Waals surface area contributed by atoms with Crippen LogP contribution in [0.25, 0.3) is 0 Å². The predicted octanol–water partition coefficient (Wildman–Crippen LogP) is 1.33. The molecule has 1 saturated heterocycles. The number of nitrogens with zero attached hydrogens (tertiary/aromatic N) is 2. The Morgan fingerprint density at radius 3 is 3.05 bits per heavy atom. The van der Waals surface area contributed by atoms with Gasteiger partial charge in [0.25, 0.3) is 0 Å². The smallest absolute Gasteiger partial charge is 0.237 e. The molecular formula is C13H23ClN4O. The third-order valence-electron chi connectivity index (χ3n) is 3.16. The Kier molecular flexibility index (Phi) is 6.31. The van der Waals surface area contributed by atoms with E-state index < -0.39 is 0 Å². The van der Waals surface area contributed by atoms with Crippen molar-refractivity contribution in [1.29, 1.82) is 0 Å². The number of nitrogens with one attached hydrogen (secondary N) is 2. The van der Waals surface area contributed by atoms with Gasteiger partial charge in [-0.15, -0.1) is 12.4 Å². The van der Waals surface area contributed by atoms with Crippen molar-refractivity contribution >= 4 is 18.3 Å². The van der Waals surface area contributed by atoms with Crippen molar-refractivity contribution in [2.45, 2.75) is 45.8 Å². The second-order valence-corrected chi connectivity index (χ2v) is 5.26. The molecule has 1 atom stereocenters. The van der Waals surface area contributed by atoms with Gasteiger partial charge in [0.1, 0.15) is 5.82 Å². The van der Waals surface area contributed by atoms with Gasteiger partial charge in [0, 0.05) is 18.9 Å². The number of halogens is 1. The highest BCUT2D eigenvalue weighted by molar-refractivity contribution is 5.85. The fourth-order valence-electron chi connectivity index (χ4n) is 2.26. The number of hydrogen-bond donors (Lipinski definition) is 2. The van der Waals surface area contributed by atoms with Gasteiger partial charge in [-0.05, 0) is 25.3 Å². The molecule has 2 N–H and O–H groups in total. The summed E-state index contributed by atoms with van der Waals surface area (Å²) in [6.07, 6.45) is 5.78. The van der Waals surface area contributed by atoms with Crippen LogP contribution in [0.1, 0.15) is 32.5 Å². The van der Waals surface area contributed by atoms with Crippen LogP contribution in [0.3, 0.4) is 0 Å². The molecule has 2 heterocycles. The fourth-order valence-corrected chi connectivity index (χ4v) is 2.26. The van der Waals surface area contributed by atoms with Gasteiger partial charge < -0.3 is 15.2 Å². The summed E-state index contributed by atoms with van der Waals surface area (Å²) < 4.78 is 2.10. The number of amides is 1. The summed E-state index contributed by atoms with van der Waals surface area (Å²) >= 11 is 0. The van der Waals surface area contributed by atoms with E-state index in [2.05, 4.69) is 34.0 Å². The van der Waals surface area contributed by atoms with E-state index >= 15 is 0 Å². The lowest BCUT2D eigenvalue weighted by atomic mass is 10.2. The lowest BCUT2D eigenvalue weighted by Gasteiger charge is -2.13. The van der Waals surface area contributed by atoms with Crippen molar-refractivity contribution in [2.24, 2.45) is 5.92 Å². The molecule has 1 fully saturated rings. The molecule has 1 aliphatic rings. The Balaban J connectivity index is 0.00000180. The van der Waals surface area contributed by atoms with Crippen LogP contribution in [0.4, 0.5) is 0 Å². The summed E-state index contributed by atoms with van der Waals surface area (Å²) in [7, 11) is 0. The first kappa shape index (κ1) is 16.0. The average Bonchev–Trinajstić information content (AvgIpc) is 2.95. The Bertz CT molecular complexity index is 399. The van der Waals surface area contributed by atoms with Crippen LogP contribution in [-0.4, -0.2) is 28.0 Å². The van der Waals surface area contributed by atoms with Crippen LogP contribution in [0, 0.1) is 5.92 Å². The highest BCUT2D eigenvalue weighted by Crippen LogP contribution is 2.06. The summed E-state index contributed by atoms with van der Waals surface area (Å²) in [6.45, 7) is 6.74. The zero-order valence-corrected chi connectivity index (χ0v) is 12.4. The van der Waals surface area contributed by atoms with Crippen LogP contribution in [0.15, 0.2) is 12.4 Å². The normalized spacial score (nSPS) is 18.4. The van der Waals surface area contributed by atoms with Gasteiger partial charge in [0.15, 0.2) is 0 Å². The Labute approximate surface area is 120 Å². The zero-order valence-electron chi connectivity index (χ0n) is 11.6. The van der Waals surface area contributed by atoms with E-state index in [9.17, 15) is 4.79 Å². The molecule has 2 rings (SSSR count). The highest BCUT2D eigenvalue weighted by atomic mass is 35.5. The van der Waals surface area contributed by atoms with Crippen molar-refractivity contribution < 1.29 is 4.79 Å². The van der Waals surface area contributed by atoms with E-state index in [-0.39, 0.29) is 24.4 Å². The summed E-state index contributed by atoms with van der Waals surface area (Å²) in [5.41, 5.74) is 0. The van der Waals surface area contributed by atoms with Gasteiger partial charge in [0.05, 0.1) is 12.6 Å². The topological polar surface area (TPSA) is 59.0 Å². The molecule has 1 aromatic heterocycles. The van der Waals surface area contributed by atoms with Crippen molar-refractivity contribution in [3.05, 3.63) is 18.2 Å². The number of carbonyl (C=O) groups excluding carboxylic acids is 1. The molecule has 5 nitrogen and oxygen atoms in total. The summed E-state index contributed by atoms with van der Waals surface area (Å²) in [5, 5.41) is 6.15. The number of rotatable bonds is 5. The summed E-state index contributed by atoms with van der Waals surface area (Å²) in [5.74, 6) is 1.59. The van der Waals surface area contributed by atoms with E-state index in [1.54, 1.807) is 6.20 Å². The monoisotopic (exact) mass is 286 g/mol. The van der Waals surface area contributed by atoms with Gasteiger partial charge in [-0.3, -0.25) is 4.79 Å². The molecule has 0 radical (unpaired) electrons. The average molecular weight is 287 g/mol. The van der Waals surface area contributed by atoms with E-state index in [0.29, 0.717) is 12.5 Å². The molecule has 0 spiro atoms. The Morgan fingerprint density at radius 1 is 1.63 bits per heavy atom. The van der Waals surface area contributed by atoms with Crippen LogP contribution >= 0.6 is 12.4 Å². The minimum atomic E-state index is -0.0153. The van der Waals surface area contributed by atoms with Crippen LogP contribution in [0.2, 0.25) is 0 Å². The Morgan fingerprint density at radius 2 is 2.42 bits per heavy atom. The van der Waals surface area contributed by atoms with Crippen molar-refractivity contribution in [2.75, 3.05) is 6.54 Å². The lowest BCUT2D eigenvalue weighted by Crippen LogP contribution is -2.40. The van der Waals surface area contributed by atoms with Crippen molar-refractivity contribution in [3.63, 3.8) is 0 Å². The highest BCUT2D eigenvalue weighted by Gasteiger charge is 2.21. The first-order chi connectivity index (χ1) is 8.66. The predicted molar refractivity (Wildman–Crippen MR) is 77.2 cm³/mol. The van der Waals surface area contributed by atoms with E-state index in [1.165, 1.54) is 0 Å². The van der Waals surface area contributed by atoms with Crippen molar-refractivity contribution in [1.82, 2.24) is 20.2 Å². The van der Waals surface area contributed by atoms with Gasteiger partial charge in [-0.25, -0.2) is 4.98 Å². The molecule has 0 bridgehead atoms. The van der Waals surface area contributed by atoms with E-state index in [1.807, 2.05) is 6.20 Å². The van der Waals surface area contributed by atoms with Crippen LogP contribution in [0.5, 0.6) is 0 Å². The maximum absolute atomic E-state index is 11.9. The quantitative estimate of drug-likeness (QED) is 0.858. The third-order valence-corrected chi connectivity index (χ3v) is 3.16. The van der Waals surface area contributed by atoms with Gasteiger partial charge >= 0.3 is 0 Å². The van der Waals surface area contributed by atoms with Gasteiger partial charge in [0.2, 0.25) is 5.91 Å². The lowest BCUT2D eigenvalue weighted by molar-refractivity contribution is -0.123.